The fourth-order valence-corrected chi connectivity index (χ4v) is 2.21. The van der Waals surface area contributed by atoms with Gasteiger partial charge in [0.15, 0.2) is 0 Å². The fourth-order valence-electron chi connectivity index (χ4n) is 1.44. The molecule has 0 amide bonds. The summed E-state index contributed by atoms with van der Waals surface area (Å²) in [5.74, 6) is 0. The maximum atomic E-state index is 4.41. The van der Waals surface area contributed by atoms with E-state index in [2.05, 4.69) is 47.7 Å². The Morgan fingerprint density at radius 2 is 2.12 bits per heavy atom. The lowest BCUT2D eigenvalue weighted by atomic mass is 10.2. The van der Waals surface area contributed by atoms with E-state index in [9.17, 15) is 0 Å². The molecule has 1 unspecified atom stereocenters. The van der Waals surface area contributed by atoms with E-state index in [0.717, 1.165) is 12.1 Å². The molecule has 0 aliphatic heterocycles. The number of nitrogens with one attached hydrogen (secondary N) is 1. The first-order valence-corrected chi connectivity index (χ1v) is 6.20. The van der Waals surface area contributed by atoms with Crippen molar-refractivity contribution in [2.24, 2.45) is 0 Å². The van der Waals surface area contributed by atoms with Gasteiger partial charge in [0, 0.05) is 18.0 Å². The molecule has 0 aliphatic carbocycles. The lowest BCUT2D eigenvalue weighted by Crippen LogP contribution is -2.31. The summed E-state index contributed by atoms with van der Waals surface area (Å²) >= 11 is 1.54. The number of nitrogens with zero attached hydrogens (tertiary/aromatic N) is 2. The second kappa shape index (κ2) is 4.80. The number of benzene rings is 1. The first-order chi connectivity index (χ1) is 7.68. The van der Waals surface area contributed by atoms with Crippen LogP contribution >= 0.6 is 11.5 Å². The highest BCUT2D eigenvalue weighted by Crippen LogP contribution is 2.27. The first kappa shape index (κ1) is 11.4. The van der Waals surface area contributed by atoms with Crippen molar-refractivity contribution in [3.05, 3.63) is 24.3 Å². The Hall–Kier alpha value is -1.13. The second-order valence-corrected chi connectivity index (χ2v) is 5.00. The first-order valence-electron chi connectivity index (χ1n) is 5.43. The van der Waals surface area contributed by atoms with Gasteiger partial charge in [0.25, 0.3) is 0 Å². The van der Waals surface area contributed by atoms with Crippen molar-refractivity contribution < 1.29 is 0 Å². The number of likely N-dealkylation sites (N-methyl/N-ethyl adjacent to an activating group) is 1. The molecular formula is C12H17N3S. The Kier molecular flexibility index (Phi) is 3.41. The van der Waals surface area contributed by atoms with Crippen molar-refractivity contribution in [1.29, 1.82) is 0 Å². The van der Waals surface area contributed by atoms with Crippen LogP contribution in [0.15, 0.2) is 24.3 Å². The predicted octanol–water partition coefficient (Wildman–Crippen LogP) is 2.66. The lowest BCUT2D eigenvalue weighted by Gasteiger charge is -2.19. The molecule has 0 spiro atoms. The van der Waals surface area contributed by atoms with Crippen LogP contribution in [-0.2, 0) is 0 Å². The molecule has 2 aromatic rings. The normalized spacial score (nSPS) is 13.2. The van der Waals surface area contributed by atoms with Crippen LogP contribution in [-0.4, -0.2) is 36.0 Å². The van der Waals surface area contributed by atoms with Gasteiger partial charge in [-0.05, 0) is 44.7 Å². The molecule has 0 saturated heterocycles. The summed E-state index contributed by atoms with van der Waals surface area (Å²) < 4.78 is 4.41. The van der Waals surface area contributed by atoms with Crippen molar-refractivity contribution in [1.82, 2.24) is 9.27 Å². The quantitative estimate of drug-likeness (QED) is 0.883. The van der Waals surface area contributed by atoms with Crippen molar-refractivity contribution in [2.45, 2.75) is 13.0 Å². The monoisotopic (exact) mass is 235 g/mol. The summed E-state index contributed by atoms with van der Waals surface area (Å²) in [6, 6.07) is 8.75. The highest BCUT2D eigenvalue weighted by Gasteiger charge is 2.07. The van der Waals surface area contributed by atoms with E-state index >= 15 is 0 Å². The van der Waals surface area contributed by atoms with Gasteiger partial charge < -0.3 is 10.2 Å². The molecule has 0 fully saturated rings. The van der Waals surface area contributed by atoms with Crippen molar-refractivity contribution in [3.63, 3.8) is 0 Å². The van der Waals surface area contributed by atoms with Crippen LogP contribution < -0.4 is 5.32 Å². The van der Waals surface area contributed by atoms with Gasteiger partial charge in [0.1, 0.15) is 5.00 Å². The molecular weight excluding hydrogens is 218 g/mol. The zero-order chi connectivity index (χ0) is 11.5. The molecule has 1 N–H and O–H groups in total. The standard InChI is InChI=1S/C12H17N3S/c1-9(15(2)3)8-13-12-10-6-4-5-7-11(10)14-16-12/h4-7,9,13H,8H2,1-3H3. The Morgan fingerprint density at radius 3 is 2.88 bits per heavy atom. The highest BCUT2D eigenvalue weighted by molar-refractivity contribution is 7.11. The zero-order valence-electron chi connectivity index (χ0n) is 9.90. The SMILES string of the molecule is CC(CNc1snc2ccccc12)N(C)C. The van der Waals surface area contributed by atoms with E-state index in [1.165, 1.54) is 21.9 Å². The molecule has 2 rings (SSSR count). The van der Waals surface area contributed by atoms with E-state index in [1.807, 2.05) is 12.1 Å². The topological polar surface area (TPSA) is 28.2 Å². The van der Waals surface area contributed by atoms with Crippen molar-refractivity contribution in [2.75, 3.05) is 26.0 Å². The minimum absolute atomic E-state index is 0.515. The number of aromatic nitrogens is 1. The smallest absolute Gasteiger partial charge is 0.117 e. The van der Waals surface area contributed by atoms with Crippen molar-refractivity contribution in [3.8, 4) is 0 Å². The van der Waals surface area contributed by atoms with Gasteiger partial charge >= 0.3 is 0 Å². The van der Waals surface area contributed by atoms with Gasteiger partial charge in [0.05, 0.1) is 5.52 Å². The average molecular weight is 235 g/mol. The van der Waals surface area contributed by atoms with Gasteiger partial charge in [-0.3, -0.25) is 0 Å². The van der Waals surface area contributed by atoms with E-state index in [-0.39, 0.29) is 0 Å². The molecule has 1 heterocycles. The van der Waals surface area contributed by atoms with Crippen LogP contribution in [0.25, 0.3) is 10.9 Å². The Morgan fingerprint density at radius 1 is 1.38 bits per heavy atom. The molecule has 4 heteroatoms. The molecule has 16 heavy (non-hydrogen) atoms. The molecule has 1 atom stereocenters. The van der Waals surface area contributed by atoms with E-state index in [4.69, 9.17) is 0 Å². The summed E-state index contributed by atoms with van der Waals surface area (Å²) in [4.78, 5) is 2.20. The van der Waals surface area contributed by atoms with E-state index < -0.39 is 0 Å². The Balaban J connectivity index is 2.10. The van der Waals surface area contributed by atoms with Gasteiger partial charge in [0.2, 0.25) is 0 Å². The highest BCUT2D eigenvalue weighted by atomic mass is 32.1. The molecule has 0 aliphatic rings. The third kappa shape index (κ3) is 2.33. The number of hydrogen-bond acceptors (Lipinski definition) is 4. The molecule has 0 saturated carbocycles. The Bertz CT molecular complexity index is 464. The van der Waals surface area contributed by atoms with E-state index in [1.54, 1.807) is 0 Å². The molecule has 86 valence electrons. The summed E-state index contributed by atoms with van der Waals surface area (Å²) in [5, 5.41) is 5.85. The van der Waals surface area contributed by atoms with Crippen LogP contribution in [0.5, 0.6) is 0 Å². The summed E-state index contributed by atoms with van der Waals surface area (Å²) in [6.07, 6.45) is 0. The van der Waals surface area contributed by atoms with Crippen LogP contribution in [0.3, 0.4) is 0 Å². The van der Waals surface area contributed by atoms with Gasteiger partial charge in [-0.1, -0.05) is 12.1 Å². The second-order valence-electron chi connectivity index (χ2n) is 4.22. The average Bonchev–Trinajstić information content (AvgIpc) is 2.69. The zero-order valence-corrected chi connectivity index (χ0v) is 10.7. The van der Waals surface area contributed by atoms with Gasteiger partial charge in [-0.15, -0.1) is 0 Å². The van der Waals surface area contributed by atoms with Gasteiger partial charge in [-0.25, -0.2) is 0 Å². The minimum Gasteiger partial charge on any atom is -0.374 e. The molecule has 0 radical (unpaired) electrons. The largest absolute Gasteiger partial charge is 0.374 e. The number of anilines is 1. The molecule has 1 aromatic carbocycles. The third-order valence-corrected chi connectivity index (χ3v) is 3.66. The molecule has 0 bridgehead atoms. The molecule has 3 nitrogen and oxygen atoms in total. The maximum absolute atomic E-state index is 4.41. The molecule has 1 aromatic heterocycles. The van der Waals surface area contributed by atoms with Crippen LogP contribution in [0.2, 0.25) is 0 Å². The summed E-state index contributed by atoms with van der Waals surface area (Å²) in [6.45, 7) is 3.15. The summed E-state index contributed by atoms with van der Waals surface area (Å²) in [5.41, 5.74) is 1.08. The van der Waals surface area contributed by atoms with Crippen LogP contribution in [0, 0.1) is 0 Å². The number of fused-ring (bicyclic) bond motifs is 1. The number of hydrogen-bond donors (Lipinski definition) is 1. The maximum Gasteiger partial charge on any atom is 0.117 e. The predicted molar refractivity (Wildman–Crippen MR) is 71.3 cm³/mol. The van der Waals surface area contributed by atoms with Gasteiger partial charge in [-0.2, -0.15) is 4.37 Å². The van der Waals surface area contributed by atoms with Crippen LogP contribution in [0.1, 0.15) is 6.92 Å². The third-order valence-electron chi connectivity index (χ3n) is 2.82. The fraction of sp³-hybridized carbons (Fsp3) is 0.417. The summed E-state index contributed by atoms with van der Waals surface area (Å²) in [7, 11) is 4.19. The van der Waals surface area contributed by atoms with E-state index in [0.29, 0.717) is 6.04 Å². The van der Waals surface area contributed by atoms with Crippen LogP contribution in [0.4, 0.5) is 5.00 Å². The Labute approximate surface area is 100 Å². The number of rotatable bonds is 4. The van der Waals surface area contributed by atoms with Crippen molar-refractivity contribution >= 4 is 27.4 Å². The minimum atomic E-state index is 0.515. The lowest BCUT2D eigenvalue weighted by molar-refractivity contribution is 0.326.